The van der Waals surface area contributed by atoms with Crippen LogP contribution in [0, 0.1) is 0 Å². The average Bonchev–Trinajstić information content (AvgIpc) is 2.68. The molecule has 1 rings (SSSR count). The number of hydrogen-bond donors (Lipinski definition) is 1. The molecule has 0 saturated carbocycles. The van der Waals surface area contributed by atoms with Crippen LogP contribution in [-0.2, 0) is 6.42 Å². The monoisotopic (exact) mass is 196 g/mol. The molecule has 0 aliphatic heterocycles. The van der Waals surface area contributed by atoms with Crippen LogP contribution in [0.2, 0.25) is 0 Å². The standard InChI is InChI=1S/C12H20O2/c1-2-3-4-6-11(13)8-9-12-7-5-10-14-12/h5,7,10-11,13H,2-4,6,8-9H2,1H3. The van der Waals surface area contributed by atoms with Gasteiger partial charge in [0.25, 0.3) is 0 Å². The second kappa shape index (κ2) is 6.66. The van der Waals surface area contributed by atoms with Crippen molar-refractivity contribution in [2.45, 2.75) is 51.6 Å². The molecule has 1 aromatic heterocycles. The van der Waals surface area contributed by atoms with E-state index in [1.54, 1.807) is 6.26 Å². The Labute approximate surface area is 85.9 Å². The summed E-state index contributed by atoms with van der Waals surface area (Å²) in [5.41, 5.74) is 0. The van der Waals surface area contributed by atoms with Crippen LogP contribution in [0.5, 0.6) is 0 Å². The number of aliphatic hydroxyl groups is 1. The van der Waals surface area contributed by atoms with Crippen molar-refractivity contribution in [2.24, 2.45) is 0 Å². The zero-order valence-corrected chi connectivity index (χ0v) is 8.91. The fraction of sp³-hybridized carbons (Fsp3) is 0.667. The Kier molecular flexibility index (Phi) is 5.38. The van der Waals surface area contributed by atoms with Crippen molar-refractivity contribution in [3.05, 3.63) is 24.2 Å². The van der Waals surface area contributed by atoms with Gasteiger partial charge in [-0.15, -0.1) is 0 Å². The quantitative estimate of drug-likeness (QED) is 0.679. The van der Waals surface area contributed by atoms with Gasteiger partial charge >= 0.3 is 0 Å². The Hall–Kier alpha value is -0.760. The highest BCUT2D eigenvalue weighted by atomic mass is 16.3. The summed E-state index contributed by atoms with van der Waals surface area (Å²) in [6.07, 6.45) is 7.68. The summed E-state index contributed by atoms with van der Waals surface area (Å²) >= 11 is 0. The topological polar surface area (TPSA) is 33.4 Å². The van der Waals surface area contributed by atoms with Crippen LogP contribution in [0.1, 0.15) is 44.8 Å². The van der Waals surface area contributed by atoms with Gasteiger partial charge in [0, 0.05) is 6.42 Å². The minimum Gasteiger partial charge on any atom is -0.469 e. The molecule has 0 fully saturated rings. The van der Waals surface area contributed by atoms with Gasteiger partial charge in [-0.3, -0.25) is 0 Å². The van der Waals surface area contributed by atoms with Crippen LogP contribution in [-0.4, -0.2) is 11.2 Å². The van der Waals surface area contributed by atoms with E-state index in [9.17, 15) is 5.11 Å². The highest BCUT2D eigenvalue weighted by molar-refractivity contribution is 4.98. The number of aryl methyl sites for hydroxylation is 1. The Morgan fingerprint density at radius 2 is 2.21 bits per heavy atom. The summed E-state index contributed by atoms with van der Waals surface area (Å²) < 4.78 is 5.20. The fourth-order valence-corrected chi connectivity index (χ4v) is 1.54. The SMILES string of the molecule is CCCCCC(O)CCc1ccco1. The molecule has 0 saturated heterocycles. The third kappa shape index (κ3) is 4.47. The molecule has 0 aliphatic carbocycles. The molecule has 0 aliphatic rings. The Morgan fingerprint density at radius 3 is 2.86 bits per heavy atom. The molecule has 0 amide bonds. The molecule has 2 heteroatoms. The van der Waals surface area contributed by atoms with Crippen molar-refractivity contribution in [2.75, 3.05) is 0 Å². The summed E-state index contributed by atoms with van der Waals surface area (Å²) in [5.74, 6) is 0.972. The second-order valence-electron chi connectivity index (χ2n) is 3.77. The van der Waals surface area contributed by atoms with Crippen LogP contribution in [0.15, 0.2) is 22.8 Å². The maximum Gasteiger partial charge on any atom is 0.103 e. The number of unbranched alkanes of at least 4 members (excludes halogenated alkanes) is 2. The van der Waals surface area contributed by atoms with Crippen LogP contribution < -0.4 is 0 Å². The first-order chi connectivity index (χ1) is 6.83. The summed E-state index contributed by atoms with van der Waals surface area (Å²) in [6, 6.07) is 3.84. The maximum atomic E-state index is 9.63. The maximum absolute atomic E-state index is 9.63. The summed E-state index contributed by atoms with van der Waals surface area (Å²) in [7, 11) is 0. The van der Waals surface area contributed by atoms with E-state index in [1.165, 1.54) is 12.8 Å². The lowest BCUT2D eigenvalue weighted by atomic mass is 10.1. The first-order valence-corrected chi connectivity index (χ1v) is 5.53. The summed E-state index contributed by atoms with van der Waals surface area (Å²) in [5, 5.41) is 9.63. The van der Waals surface area contributed by atoms with Gasteiger partial charge in [-0.25, -0.2) is 0 Å². The van der Waals surface area contributed by atoms with Crippen molar-refractivity contribution in [1.29, 1.82) is 0 Å². The summed E-state index contributed by atoms with van der Waals surface area (Å²) in [6.45, 7) is 2.18. The molecule has 1 unspecified atom stereocenters. The van der Waals surface area contributed by atoms with Gasteiger partial charge in [-0.05, 0) is 25.0 Å². The van der Waals surface area contributed by atoms with E-state index >= 15 is 0 Å². The van der Waals surface area contributed by atoms with E-state index in [-0.39, 0.29) is 6.10 Å². The fourth-order valence-electron chi connectivity index (χ4n) is 1.54. The second-order valence-corrected chi connectivity index (χ2v) is 3.77. The zero-order chi connectivity index (χ0) is 10.2. The van der Waals surface area contributed by atoms with Gasteiger partial charge in [0.15, 0.2) is 0 Å². The van der Waals surface area contributed by atoms with Crippen molar-refractivity contribution >= 4 is 0 Å². The van der Waals surface area contributed by atoms with Crippen molar-refractivity contribution in [3.8, 4) is 0 Å². The molecule has 14 heavy (non-hydrogen) atoms. The van der Waals surface area contributed by atoms with Crippen LogP contribution in [0.25, 0.3) is 0 Å². The van der Waals surface area contributed by atoms with Gasteiger partial charge in [-0.1, -0.05) is 26.2 Å². The highest BCUT2D eigenvalue weighted by Crippen LogP contribution is 2.10. The van der Waals surface area contributed by atoms with Gasteiger partial charge in [0.05, 0.1) is 12.4 Å². The predicted octanol–water partition coefficient (Wildman–Crippen LogP) is 3.15. The molecule has 0 radical (unpaired) electrons. The molecule has 0 bridgehead atoms. The molecule has 1 aromatic rings. The van der Waals surface area contributed by atoms with Crippen molar-refractivity contribution in [3.63, 3.8) is 0 Å². The smallest absolute Gasteiger partial charge is 0.103 e. The predicted molar refractivity (Wildman–Crippen MR) is 57.2 cm³/mol. The first-order valence-electron chi connectivity index (χ1n) is 5.53. The molecule has 80 valence electrons. The molecular weight excluding hydrogens is 176 g/mol. The Morgan fingerprint density at radius 1 is 1.36 bits per heavy atom. The summed E-state index contributed by atoms with van der Waals surface area (Å²) in [4.78, 5) is 0. The molecule has 1 N–H and O–H groups in total. The zero-order valence-electron chi connectivity index (χ0n) is 8.91. The van der Waals surface area contributed by atoms with E-state index in [2.05, 4.69) is 6.92 Å². The molecule has 1 atom stereocenters. The average molecular weight is 196 g/mol. The van der Waals surface area contributed by atoms with Crippen molar-refractivity contribution in [1.82, 2.24) is 0 Å². The van der Waals surface area contributed by atoms with E-state index in [1.807, 2.05) is 12.1 Å². The van der Waals surface area contributed by atoms with Gasteiger partial charge < -0.3 is 9.52 Å². The van der Waals surface area contributed by atoms with Crippen LogP contribution in [0.4, 0.5) is 0 Å². The van der Waals surface area contributed by atoms with E-state index in [0.717, 1.165) is 31.4 Å². The molecule has 2 nitrogen and oxygen atoms in total. The van der Waals surface area contributed by atoms with Gasteiger partial charge in [0.2, 0.25) is 0 Å². The lowest BCUT2D eigenvalue weighted by molar-refractivity contribution is 0.149. The Balaban J connectivity index is 2.06. The largest absolute Gasteiger partial charge is 0.469 e. The third-order valence-electron chi connectivity index (χ3n) is 2.44. The van der Waals surface area contributed by atoms with E-state index in [0.29, 0.717) is 0 Å². The Bertz CT molecular complexity index is 216. The molecule has 0 aromatic carbocycles. The number of aliphatic hydroxyl groups excluding tert-OH is 1. The highest BCUT2D eigenvalue weighted by Gasteiger charge is 2.05. The molecule has 1 heterocycles. The molecule has 0 spiro atoms. The normalized spacial score (nSPS) is 13.0. The lowest BCUT2D eigenvalue weighted by Gasteiger charge is -2.08. The third-order valence-corrected chi connectivity index (χ3v) is 2.44. The molecular formula is C12H20O2. The minimum absolute atomic E-state index is 0.161. The lowest BCUT2D eigenvalue weighted by Crippen LogP contribution is -2.07. The number of rotatable bonds is 7. The van der Waals surface area contributed by atoms with Crippen LogP contribution in [0.3, 0.4) is 0 Å². The van der Waals surface area contributed by atoms with Gasteiger partial charge in [-0.2, -0.15) is 0 Å². The minimum atomic E-state index is -0.161. The van der Waals surface area contributed by atoms with Crippen LogP contribution >= 0.6 is 0 Å². The van der Waals surface area contributed by atoms with Gasteiger partial charge in [0.1, 0.15) is 5.76 Å². The number of furan rings is 1. The van der Waals surface area contributed by atoms with Crippen molar-refractivity contribution < 1.29 is 9.52 Å². The number of hydrogen-bond acceptors (Lipinski definition) is 2. The first kappa shape index (κ1) is 11.3. The van der Waals surface area contributed by atoms with E-state index in [4.69, 9.17) is 4.42 Å². The van der Waals surface area contributed by atoms with E-state index < -0.39 is 0 Å².